The monoisotopic (exact) mass is 508 g/mol. The Morgan fingerprint density at radius 2 is 1.86 bits per heavy atom. The molecule has 3 N–H and O–H groups in total. The fraction of sp³-hybridized carbons (Fsp3) is 0.533. The van der Waals surface area contributed by atoms with Gasteiger partial charge in [-0.3, -0.25) is 9.59 Å². The summed E-state index contributed by atoms with van der Waals surface area (Å²) < 4.78 is 5.28. The van der Waals surface area contributed by atoms with Crippen LogP contribution in [0.3, 0.4) is 0 Å². The van der Waals surface area contributed by atoms with E-state index in [1.807, 2.05) is 48.3 Å². The normalized spacial score (nSPS) is 19.0. The first-order valence-electron chi connectivity index (χ1n) is 13.6. The smallest absolute Gasteiger partial charge is 0.243 e. The maximum Gasteiger partial charge on any atom is 0.243 e. The molecule has 0 spiro atoms. The predicted octanol–water partition coefficient (Wildman–Crippen LogP) is 3.53. The molecule has 2 amide bonds. The van der Waals surface area contributed by atoms with Crippen molar-refractivity contribution in [3.8, 4) is 5.75 Å². The van der Waals surface area contributed by atoms with Crippen LogP contribution < -0.4 is 20.7 Å². The van der Waals surface area contributed by atoms with Crippen molar-refractivity contribution in [2.75, 3.05) is 33.8 Å². The molecule has 2 aromatic carbocycles. The van der Waals surface area contributed by atoms with Crippen molar-refractivity contribution in [1.82, 2.24) is 20.9 Å². The van der Waals surface area contributed by atoms with Gasteiger partial charge in [0.2, 0.25) is 11.8 Å². The fourth-order valence-electron chi connectivity index (χ4n) is 5.28. The number of methoxy groups -OCH3 is 1. The number of likely N-dealkylation sites (tertiary alicyclic amines) is 1. The average Bonchev–Trinajstić information content (AvgIpc) is 3.27. The number of nitrogens with zero attached hydrogens (tertiary/aromatic N) is 1. The Hall–Kier alpha value is -2.90. The lowest BCUT2D eigenvalue weighted by Crippen LogP contribution is -2.57. The van der Waals surface area contributed by atoms with Gasteiger partial charge in [-0.2, -0.15) is 0 Å². The van der Waals surface area contributed by atoms with Crippen LogP contribution in [0.25, 0.3) is 0 Å². The van der Waals surface area contributed by atoms with Crippen molar-refractivity contribution in [2.24, 2.45) is 5.92 Å². The lowest BCUT2D eigenvalue weighted by Gasteiger charge is -2.35. The minimum absolute atomic E-state index is 0.0533. The van der Waals surface area contributed by atoms with Crippen molar-refractivity contribution in [2.45, 2.75) is 64.1 Å². The Kier molecular flexibility index (Phi) is 11.0. The molecule has 1 fully saturated rings. The highest BCUT2D eigenvalue weighted by Crippen LogP contribution is 2.34. The van der Waals surface area contributed by atoms with Gasteiger partial charge in [0.25, 0.3) is 0 Å². The van der Waals surface area contributed by atoms with Crippen molar-refractivity contribution in [1.29, 1.82) is 0 Å². The molecule has 0 saturated carbocycles. The first kappa shape index (κ1) is 28.7. The Morgan fingerprint density at radius 1 is 1.11 bits per heavy atom. The Morgan fingerprint density at radius 3 is 2.57 bits per heavy atom. The van der Waals surface area contributed by atoms with E-state index in [9.17, 15) is 9.59 Å². The molecular formula is C30H44N4O3. The topological polar surface area (TPSA) is 82.7 Å². The summed E-state index contributed by atoms with van der Waals surface area (Å²) in [6, 6.07) is 17.7. The van der Waals surface area contributed by atoms with E-state index >= 15 is 0 Å². The summed E-state index contributed by atoms with van der Waals surface area (Å²) >= 11 is 0. The number of benzene rings is 2. The number of hydrogen-bond acceptors (Lipinski definition) is 5. The van der Waals surface area contributed by atoms with Crippen LogP contribution in [0, 0.1) is 5.92 Å². The molecule has 7 nitrogen and oxygen atoms in total. The van der Waals surface area contributed by atoms with Gasteiger partial charge in [0, 0.05) is 19.6 Å². The largest absolute Gasteiger partial charge is 0.497 e. The van der Waals surface area contributed by atoms with Crippen LogP contribution in [-0.2, 0) is 22.6 Å². The quantitative estimate of drug-likeness (QED) is 0.321. The number of carbonyl (C=O) groups excluding carboxylic acids is 2. The Bertz CT molecular complexity index is 999. The standard InChI is InChI=1S/C30H44N4O3/c1-5-23(2)30(31-3)17-20-34(29(30)36)27(16-15-24-11-7-6-8-12-24)28(35)33-19-10-18-32-22-25-13-9-14-26(21-25)37-4/h6-9,11-14,21,23,27,31-32H,5,10,15-20,22H2,1-4H3,(H,33,35). The molecule has 3 unspecified atom stereocenters. The molecular weight excluding hydrogens is 464 g/mol. The first-order valence-corrected chi connectivity index (χ1v) is 13.6. The molecule has 0 aromatic heterocycles. The Balaban J connectivity index is 1.57. The molecule has 202 valence electrons. The summed E-state index contributed by atoms with van der Waals surface area (Å²) in [7, 11) is 3.53. The van der Waals surface area contributed by atoms with E-state index in [-0.39, 0.29) is 17.7 Å². The van der Waals surface area contributed by atoms with Crippen LogP contribution in [0.5, 0.6) is 5.75 Å². The zero-order chi connectivity index (χ0) is 26.7. The summed E-state index contributed by atoms with van der Waals surface area (Å²) in [4.78, 5) is 28.9. The third kappa shape index (κ3) is 7.33. The highest BCUT2D eigenvalue weighted by atomic mass is 16.5. The number of ether oxygens (including phenoxy) is 1. The molecule has 2 aromatic rings. The molecule has 1 aliphatic heterocycles. The molecule has 1 heterocycles. The molecule has 3 atom stereocenters. The molecule has 0 bridgehead atoms. The maximum absolute atomic E-state index is 13.7. The van der Waals surface area contributed by atoms with E-state index < -0.39 is 11.6 Å². The molecule has 0 aliphatic carbocycles. The van der Waals surface area contributed by atoms with E-state index in [0.29, 0.717) is 19.5 Å². The van der Waals surface area contributed by atoms with E-state index in [2.05, 4.69) is 48.0 Å². The second-order valence-electron chi connectivity index (χ2n) is 9.99. The zero-order valence-corrected chi connectivity index (χ0v) is 22.9. The fourth-order valence-corrected chi connectivity index (χ4v) is 5.28. The lowest BCUT2D eigenvalue weighted by molar-refractivity contribution is -0.142. The van der Waals surface area contributed by atoms with Crippen molar-refractivity contribution >= 4 is 11.8 Å². The minimum atomic E-state index is -0.593. The molecule has 7 heteroatoms. The van der Waals surface area contributed by atoms with Crippen LogP contribution in [0.1, 0.15) is 50.7 Å². The van der Waals surface area contributed by atoms with Crippen LogP contribution in [-0.4, -0.2) is 62.1 Å². The van der Waals surface area contributed by atoms with Gasteiger partial charge in [-0.1, -0.05) is 62.7 Å². The van der Waals surface area contributed by atoms with Gasteiger partial charge < -0.3 is 25.6 Å². The van der Waals surface area contributed by atoms with Gasteiger partial charge in [0.15, 0.2) is 0 Å². The molecule has 3 rings (SSSR count). The number of carbonyl (C=O) groups is 2. The summed E-state index contributed by atoms with van der Waals surface area (Å²) in [6.45, 7) is 6.92. The number of aryl methyl sites for hydroxylation is 1. The predicted molar refractivity (Wildman–Crippen MR) is 148 cm³/mol. The molecule has 1 aliphatic rings. The van der Waals surface area contributed by atoms with Crippen LogP contribution in [0.15, 0.2) is 54.6 Å². The SMILES string of the molecule is CCC(C)C1(NC)CCN(C(CCc2ccccc2)C(=O)NCCCNCc2cccc(OC)c2)C1=O. The van der Waals surface area contributed by atoms with Gasteiger partial charge in [-0.25, -0.2) is 0 Å². The average molecular weight is 509 g/mol. The number of nitrogens with one attached hydrogen (secondary N) is 3. The van der Waals surface area contributed by atoms with Gasteiger partial charge in [0.05, 0.1) is 7.11 Å². The molecule has 1 saturated heterocycles. The summed E-state index contributed by atoms with van der Waals surface area (Å²) in [5.41, 5.74) is 1.74. The first-order chi connectivity index (χ1) is 17.9. The molecule has 37 heavy (non-hydrogen) atoms. The van der Waals surface area contributed by atoms with Crippen molar-refractivity contribution in [3.63, 3.8) is 0 Å². The van der Waals surface area contributed by atoms with Gasteiger partial charge in [-0.05, 0) is 68.5 Å². The van der Waals surface area contributed by atoms with Crippen LogP contribution in [0.2, 0.25) is 0 Å². The maximum atomic E-state index is 13.7. The van der Waals surface area contributed by atoms with Crippen molar-refractivity contribution in [3.05, 3.63) is 65.7 Å². The Labute approximate surface area is 222 Å². The van der Waals surface area contributed by atoms with Crippen LogP contribution >= 0.6 is 0 Å². The van der Waals surface area contributed by atoms with E-state index in [4.69, 9.17) is 4.74 Å². The van der Waals surface area contributed by atoms with Gasteiger partial charge >= 0.3 is 0 Å². The second-order valence-corrected chi connectivity index (χ2v) is 9.99. The van der Waals surface area contributed by atoms with E-state index in [1.54, 1.807) is 7.11 Å². The molecule has 0 radical (unpaired) electrons. The highest BCUT2D eigenvalue weighted by molar-refractivity contribution is 5.94. The number of rotatable bonds is 15. The third-order valence-corrected chi connectivity index (χ3v) is 7.81. The van der Waals surface area contributed by atoms with Gasteiger partial charge in [0.1, 0.15) is 17.3 Å². The van der Waals surface area contributed by atoms with Gasteiger partial charge in [-0.15, -0.1) is 0 Å². The second kappa shape index (κ2) is 14.1. The number of hydrogen-bond donors (Lipinski definition) is 3. The number of likely N-dealkylation sites (N-methyl/N-ethyl adjacent to an activating group) is 1. The third-order valence-electron chi connectivity index (χ3n) is 7.81. The van der Waals surface area contributed by atoms with E-state index in [0.717, 1.165) is 50.1 Å². The van der Waals surface area contributed by atoms with Crippen molar-refractivity contribution < 1.29 is 14.3 Å². The van der Waals surface area contributed by atoms with Crippen LogP contribution in [0.4, 0.5) is 0 Å². The lowest BCUT2D eigenvalue weighted by atomic mass is 9.82. The summed E-state index contributed by atoms with van der Waals surface area (Å²) in [5.74, 6) is 1.04. The van der Waals surface area contributed by atoms with E-state index in [1.165, 1.54) is 5.56 Å². The summed E-state index contributed by atoms with van der Waals surface area (Å²) in [5, 5.41) is 9.85. The minimum Gasteiger partial charge on any atom is -0.497 e. The number of amides is 2. The summed E-state index contributed by atoms with van der Waals surface area (Å²) in [6.07, 6.45) is 3.80. The highest BCUT2D eigenvalue weighted by Gasteiger charge is 2.51. The zero-order valence-electron chi connectivity index (χ0n) is 22.9.